The van der Waals surface area contributed by atoms with Gasteiger partial charge in [0.2, 0.25) is 5.75 Å². The van der Waals surface area contributed by atoms with Crippen LogP contribution in [0.2, 0.25) is 0 Å². The average molecular weight is 294 g/mol. The molecular weight excluding hydrogens is 272 g/mol. The Hall–Kier alpha value is -2.11. The summed E-state index contributed by atoms with van der Waals surface area (Å²) in [4.78, 5) is 22.1. The zero-order valence-electron chi connectivity index (χ0n) is 12.8. The number of phenols is 1. The summed E-state index contributed by atoms with van der Waals surface area (Å²) in [7, 11) is 0. The van der Waals surface area contributed by atoms with Crippen molar-refractivity contribution in [1.82, 2.24) is 5.32 Å². The molecule has 116 valence electrons. The number of carbonyl (C=O) groups excluding carboxylic acids is 1. The number of carbonyl (C=O) groups is 1. The number of rotatable bonds is 6. The van der Waals surface area contributed by atoms with Gasteiger partial charge < -0.3 is 10.4 Å². The van der Waals surface area contributed by atoms with Gasteiger partial charge in [-0.05, 0) is 23.8 Å². The molecule has 0 atom stereocenters. The van der Waals surface area contributed by atoms with Crippen molar-refractivity contribution in [1.29, 1.82) is 0 Å². The van der Waals surface area contributed by atoms with Crippen LogP contribution in [0.4, 0.5) is 5.69 Å². The number of benzene rings is 1. The van der Waals surface area contributed by atoms with Gasteiger partial charge in [0.1, 0.15) is 0 Å². The third-order valence-electron chi connectivity index (χ3n) is 3.67. The zero-order valence-corrected chi connectivity index (χ0v) is 12.8. The number of aromatic hydroxyl groups is 1. The van der Waals surface area contributed by atoms with E-state index in [0.29, 0.717) is 24.3 Å². The number of hydrogen-bond acceptors (Lipinski definition) is 4. The molecular formula is C15H22N2O4. The quantitative estimate of drug-likeness (QED) is 0.623. The first-order valence-corrected chi connectivity index (χ1v) is 7.00. The van der Waals surface area contributed by atoms with Crippen LogP contribution in [0.25, 0.3) is 0 Å². The highest BCUT2D eigenvalue weighted by Crippen LogP contribution is 2.29. The molecule has 0 aliphatic rings. The Morgan fingerprint density at radius 2 is 1.86 bits per heavy atom. The van der Waals surface area contributed by atoms with E-state index >= 15 is 0 Å². The minimum absolute atomic E-state index is 0.0736. The lowest BCUT2D eigenvalue weighted by Gasteiger charge is -2.25. The molecule has 1 aromatic carbocycles. The Kier molecular flexibility index (Phi) is 5.69. The van der Waals surface area contributed by atoms with Gasteiger partial charge in [-0.25, -0.2) is 0 Å². The maximum Gasteiger partial charge on any atom is 0.311 e. The third-order valence-corrected chi connectivity index (χ3v) is 3.67. The van der Waals surface area contributed by atoms with Crippen LogP contribution in [-0.2, 0) is 0 Å². The molecule has 0 saturated heterocycles. The summed E-state index contributed by atoms with van der Waals surface area (Å²) in [6.07, 6.45) is 0. The molecule has 0 radical (unpaired) electrons. The topological polar surface area (TPSA) is 92.5 Å². The molecule has 0 spiro atoms. The first-order chi connectivity index (χ1) is 9.75. The van der Waals surface area contributed by atoms with E-state index < -0.39 is 22.3 Å². The van der Waals surface area contributed by atoms with Crippen molar-refractivity contribution in [3.8, 4) is 5.75 Å². The van der Waals surface area contributed by atoms with Crippen LogP contribution in [0, 0.1) is 27.9 Å². The van der Waals surface area contributed by atoms with E-state index in [1.165, 1.54) is 12.1 Å². The molecule has 0 aliphatic heterocycles. The Morgan fingerprint density at radius 1 is 1.29 bits per heavy atom. The Labute approximate surface area is 124 Å². The van der Waals surface area contributed by atoms with Crippen LogP contribution >= 0.6 is 0 Å². The lowest BCUT2D eigenvalue weighted by molar-refractivity contribution is -0.385. The van der Waals surface area contributed by atoms with Gasteiger partial charge >= 0.3 is 5.69 Å². The molecule has 1 amide bonds. The molecule has 0 bridgehead atoms. The predicted molar refractivity (Wildman–Crippen MR) is 80.3 cm³/mol. The first kappa shape index (κ1) is 16.9. The molecule has 0 unspecified atom stereocenters. The predicted octanol–water partition coefficient (Wildman–Crippen LogP) is 2.96. The number of nitro benzene ring substituents is 1. The molecule has 0 fully saturated rings. The summed E-state index contributed by atoms with van der Waals surface area (Å²) >= 11 is 0. The van der Waals surface area contributed by atoms with Crippen molar-refractivity contribution in [3.63, 3.8) is 0 Å². The van der Waals surface area contributed by atoms with Crippen molar-refractivity contribution in [3.05, 3.63) is 33.9 Å². The zero-order chi connectivity index (χ0) is 16.2. The van der Waals surface area contributed by atoms with Gasteiger partial charge in [-0.3, -0.25) is 14.9 Å². The minimum atomic E-state index is -0.711. The second-order valence-corrected chi connectivity index (χ2v) is 5.79. The fraction of sp³-hybridized carbons (Fsp3) is 0.533. The average Bonchev–Trinajstić information content (AvgIpc) is 2.37. The van der Waals surface area contributed by atoms with Crippen LogP contribution in [0.15, 0.2) is 18.2 Å². The van der Waals surface area contributed by atoms with E-state index in [-0.39, 0.29) is 5.56 Å². The van der Waals surface area contributed by atoms with Crippen LogP contribution in [0.1, 0.15) is 38.1 Å². The highest BCUT2D eigenvalue weighted by molar-refractivity contribution is 5.98. The summed E-state index contributed by atoms with van der Waals surface area (Å²) in [6.45, 7) is 8.81. The second kappa shape index (κ2) is 7.06. The second-order valence-electron chi connectivity index (χ2n) is 5.79. The maximum atomic E-state index is 12.1. The van der Waals surface area contributed by atoms with Gasteiger partial charge in [-0.15, -0.1) is 0 Å². The normalized spacial score (nSPS) is 11.2. The first-order valence-electron chi connectivity index (χ1n) is 7.00. The van der Waals surface area contributed by atoms with Crippen LogP contribution in [-0.4, -0.2) is 22.5 Å². The lowest BCUT2D eigenvalue weighted by Crippen LogP contribution is -2.34. The van der Waals surface area contributed by atoms with Gasteiger partial charge in [0.05, 0.1) is 10.5 Å². The van der Waals surface area contributed by atoms with E-state index in [9.17, 15) is 20.0 Å². The molecule has 1 rings (SSSR count). The van der Waals surface area contributed by atoms with E-state index in [4.69, 9.17) is 0 Å². The highest BCUT2D eigenvalue weighted by atomic mass is 16.6. The van der Waals surface area contributed by atoms with Crippen molar-refractivity contribution < 1.29 is 14.8 Å². The third kappa shape index (κ3) is 4.18. The minimum Gasteiger partial charge on any atom is -0.502 e. The molecule has 21 heavy (non-hydrogen) atoms. The number of amides is 1. The maximum absolute atomic E-state index is 12.1. The lowest BCUT2D eigenvalue weighted by atomic mass is 9.85. The molecule has 0 aromatic heterocycles. The number of nitrogens with zero attached hydrogens (tertiary/aromatic N) is 1. The molecule has 0 aliphatic carbocycles. The molecule has 0 saturated carbocycles. The SMILES string of the molecule is CC(C)C(CNC(=O)c1cccc([N+](=O)[O-])c1O)C(C)C. The largest absolute Gasteiger partial charge is 0.502 e. The molecule has 0 heterocycles. The van der Waals surface area contributed by atoms with E-state index in [1.54, 1.807) is 0 Å². The Bertz CT molecular complexity index is 518. The summed E-state index contributed by atoms with van der Waals surface area (Å²) in [5.41, 5.74) is -0.539. The number of phenolic OH excluding ortho intramolecular Hbond substituents is 1. The van der Waals surface area contributed by atoms with E-state index in [0.717, 1.165) is 6.07 Å². The fourth-order valence-corrected chi connectivity index (χ4v) is 2.41. The molecule has 6 heteroatoms. The number of nitro groups is 1. The van der Waals surface area contributed by atoms with Crippen molar-refractivity contribution >= 4 is 11.6 Å². The Balaban J connectivity index is 2.86. The van der Waals surface area contributed by atoms with Crippen LogP contribution < -0.4 is 5.32 Å². The number of para-hydroxylation sites is 1. The molecule has 1 aromatic rings. The number of nitrogens with one attached hydrogen (secondary N) is 1. The van der Waals surface area contributed by atoms with Gasteiger partial charge in [0.25, 0.3) is 5.91 Å². The van der Waals surface area contributed by atoms with Crippen molar-refractivity contribution in [2.45, 2.75) is 27.7 Å². The standard InChI is InChI=1S/C15H22N2O4/c1-9(2)12(10(3)4)8-16-15(19)11-6-5-7-13(14(11)18)17(20)21/h5-7,9-10,12,18H,8H2,1-4H3,(H,16,19). The molecule has 6 nitrogen and oxygen atoms in total. The number of hydrogen-bond donors (Lipinski definition) is 2. The van der Waals surface area contributed by atoms with E-state index in [2.05, 4.69) is 33.0 Å². The van der Waals surface area contributed by atoms with E-state index in [1.807, 2.05) is 0 Å². The summed E-state index contributed by atoms with van der Waals surface area (Å²) < 4.78 is 0. The monoisotopic (exact) mass is 294 g/mol. The fourth-order valence-electron chi connectivity index (χ4n) is 2.41. The molecule has 2 N–H and O–H groups in total. The summed E-state index contributed by atoms with van der Waals surface area (Å²) in [5.74, 6) is 0.0240. The van der Waals surface area contributed by atoms with Gasteiger partial charge in [0, 0.05) is 12.6 Å². The van der Waals surface area contributed by atoms with Crippen molar-refractivity contribution in [2.75, 3.05) is 6.54 Å². The van der Waals surface area contributed by atoms with Crippen LogP contribution in [0.5, 0.6) is 5.75 Å². The van der Waals surface area contributed by atoms with Gasteiger partial charge in [-0.1, -0.05) is 33.8 Å². The summed E-state index contributed by atoms with van der Waals surface area (Å²) in [5, 5.41) is 23.3. The smallest absolute Gasteiger partial charge is 0.311 e. The van der Waals surface area contributed by atoms with Crippen molar-refractivity contribution in [2.24, 2.45) is 17.8 Å². The van der Waals surface area contributed by atoms with Gasteiger partial charge in [-0.2, -0.15) is 0 Å². The Morgan fingerprint density at radius 3 is 2.33 bits per heavy atom. The summed E-state index contributed by atoms with van der Waals surface area (Å²) in [6, 6.07) is 3.92. The highest BCUT2D eigenvalue weighted by Gasteiger charge is 2.23. The van der Waals surface area contributed by atoms with Gasteiger partial charge in [0.15, 0.2) is 0 Å². The van der Waals surface area contributed by atoms with Crippen LogP contribution in [0.3, 0.4) is 0 Å².